The molecule has 46 heavy (non-hydrogen) atoms. The third-order valence-corrected chi connectivity index (χ3v) is 10.8. The number of hydrogen-bond donors (Lipinski definition) is 0. The second-order valence-corrected chi connectivity index (χ2v) is 13.3. The molecule has 7 aromatic carbocycles. The second kappa shape index (κ2) is 9.68. The van der Waals surface area contributed by atoms with Crippen LogP contribution < -0.4 is 0 Å². The van der Waals surface area contributed by atoms with E-state index in [1.807, 2.05) is 11.3 Å². The fraction of sp³-hybridized carbons (Fsp3) is 0.0233. The van der Waals surface area contributed by atoms with E-state index < -0.39 is 0 Å². The maximum Gasteiger partial charge on any atom is 0.0640 e. The minimum absolute atomic E-state index is 1.18. The lowest BCUT2D eigenvalue weighted by Crippen LogP contribution is -1.94. The Bertz CT molecular complexity index is 2810. The van der Waals surface area contributed by atoms with Crippen molar-refractivity contribution in [1.29, 1.82) is 0 Å². The first-order valence-corrected chi connectivity index (χ1v) is 16.6. The molecule has 0 spiro atoms. The number of fused-ring (bicyclic) bond motifs is 9. The fourth-order valence-corrected chi connectivity index (χ4v) is 8.68. The zero-order valence-electron chi connectivity index (χ0n) is 25.2. The molecule has 0 saturated heterocycles. The average Bonchev–Trinajstić information content (AvgIpc) is 3.76. The molecule has 0 amide bonds. The molecular formula is C43H28N2S. The van der Waals surface area contributed by atoms with Crippen LogP contribution in [0.3, 0.4) is 0 Å². The highest BCUT2D eigenvalue weighted by atomic mass is 32.1. The second-order valence-electron chi connectivity index (χ2n) is 12.3. The van der Waals surface area contributed by atoms with Crippen LogP contribution in [0.5, 0.6) is 0 Å². The topological polar surface area (TPSA) is 9.86 Å². The highest BCUT2D eigenvalue weighted by Crippen LogP contribution is 2.42. The van der Waals surface area contributed by atoms with E-state index in [0.717, 1.165) is 0 Å². The lowest BCUT2D eigenvalue weighted by atomic mass is 10.0. The fourth-order valence-electron chi connectivity index (χ4n) is 7.49. The number of rotatable bonds is 3. The van der Waals surface area contributed by atoms with Gasteiger partial charge in [0.25, 0.3) is 0 Å². The van der Waals surface area contributed by atoms with E-state index in [4.69, 9.17) is 0 Å². The third kappa shape index (κ3) is 3.64. The molecule has 10 rings (SSSR count). The molecule has 0 unspecified atom stereocenters. The Kier molecular flexibility index (Phi) is 5.40. The van der Waals surface area contributed by atoms with E-state index in [0.29, 0.717) is 0 Å². The molecule has 3 heterocycles. The number of para-hydroxylation sites is 3. The highest BCUT2D eigenvalue weighted by Gasteiger charge is 2.18. The largest absolute Gasteiger partial charge is 0.309 e. The molecule has 0 aliphatic heterocycles. The van der Waals surface area contributed by atoms with Crippen LogP contribution in [0.25, 0.3) is 86.3 Å². The molecule has 0 aliphatic rings. The van der Waals surface area contributed by atoms with Crippen molar-refractivity contribution in [1.82, 2.24) is 9.13 Å². The SMILES string of the molecule is Cc1ccc2sc3c(-n4c5ccccc5c5cc(-c6ccc7c(c6)c6ccccc6n7-c6ccccc6)ccc54)cccc3c2c1. The summed E-state index contributed by atoms with van der Waals surface area (Å²) in [5.74, 6) is 0. The summed E-state index contributed by atoms with van der Waals surface area (Å²) in [6.45, 7) is 2.18. The van der Waals surface area contributed by atoms with Crippen molar-refractivity contribution < 1.29 is 0 Å². The Balaban J connectivity index is 1.20. The van der Waals surface area contributed by atoms with Crippen LogP contribution in [0.4, 0.5) is 0 Å². The highest BCUT2D eigenvalue weighted by molar-refractivity contribution is 7.26. The van der Waals surface area contributed by atoms with Crippen LogP contribution in [0.15, 0.2) is 152 Å². The van der Waals surface area contributed by atoms with Gasteiger partial charge in [0.15, 0.2) is 0 Å². The lowest BCUT2D eigenvalue weighted by Gasteiger charge is -2.10. The number of benzene rings is 7. The van der Waals surface area contributed by atoms with Gasteiger partial charge in [0, 0.05) is 42.7 Å². The van der Waals surface area contributed by atoms with Gasteiger partial charge < -0.3 is 9.13 Å². The maximum atomic E-state index is 2.47. The van der Waals surface area contributed by atoms with Crippen molar-refractivity contribution >= 4 is 75.1 Å². The summed E-state index contributed by atoms with van der Waals surface area (Å²) < 4.78 is 7.51. The van der Waals surface area contributed by atoms with Gasteiger partial charge in [-0.05, 0) is 84.8 Å². The molecule has 216 valence electrons. The Morgan fingerprint density at radius 3 is 1.72 bits per heavy atom. The van der Waals surface area contributed by atoms with Gasteiger partial charge >= 0.3 is 0 Å². The predicted octanol–water partition coefficient (Wildman–Crippen LogP) is 12.2. The van der Waals surface area contributed by atoms with Crippen LogP contribution >= 0.6 is 11.3 Å². The van der Waals surface area contributed by atoms with Crippen molar-refractivity contribution in [2.24, 2.45) is 0 Å². The van der Waals surface area contributed by atoms with Gasteiger partial charge in [-0.15, -0.1) is 11.3 Å². The molecule has 3 heteroatoms. The van der Waals surface area contributed by atoms with Crippen LogP contribution in [0.2, 0.25) is 0 Å². The summed E-state index contributed by atoms with van der Waals surface area (Å²) in [6.07, 6.45) is 0. The number of thiophene rings is 1. The van der Waals surface area contributed by atoms with Gasteiger partial charge in [-0.1, -0.05) is 90.5 Å². The summed E-state index contributed by atoms with van der Waals surface area (Å²) in [5, 5.41) is 7.75. The van der Waals surface area contributed by atoms with Gasteiger partial charge in [-0.2, -0.15) is 0 Å². The summed E-state index contributed by atoms with van der Waals surface area (Å²) in [4.78, 5) is 0. The zero-order valence-corrected chi connectivity index (χ0v) is 26.1. The van der Waals surface area contributed by atoms with E-state index in [1.54, 1.807) is 0 Å². The summed E-state index contributed by atoms with van der Waals surface area (Å²) in [7, 11) is 0. The molecule has 0 radical (unpaired) electrons. The van der Waals surface area contributed by atoms with E-state index in [9.17, 15) is 0 Å². The predicted molar refractivity (Wildman–Crippen MR) is 198 cm³/mol. The maximum absolute atomic E-state index is 2.47. The van der Waals surface area contributed by atoms with E-state index in [-0.39, 0.29) is 0 Å². The first kappa shape index (κ1) is 25.7. The summed E-state index contributed by atoms with van der Waals surface area (Å²) in [5.41, 5.74) is 11.1. The molecule has 0 bridgehead atoms. The summed E-state index contributed by atoms with van der Waals surface area (Å²) >= 11 is 1.89. The molecule has 0 aliphatic carbocycles. The number of hydrogen-bond acceptors (Lipinski definition) is 1. The minimum Gasteiger partial charge on any atom is -0.309 e. The van der Waals surface area contributed by atoms with Gasteiger partial charge in [0.05, 0.1) is 32.5 Å². The number of aryl methyl sites for hydroxylation is 1. The number of aromatic nitrogens is 2. The quantitative estimate of drug-likeness (QED) is 0.190. The van der Waals surface area contributed by atoms with Crippen molar-refractivity contribution in [2.45, 2.75) is 6.92 Å². The van der Waals surface area contributed by atoms with E-state index in [2.05, 4.69) is 168 Å². The monoisotopic (exact) mass is 604 g/mol. The molecule has 0 fully saturated rings. The van der Waals surface area contributed by atoms with Gasteiger partial charge in [0.2, 0.25) is 0 Å². The van der Waals surface area contributed by atoms with Crippen LogP contribution in [0, 0.1) is 6.92 Å². The molecule has 0 atom stereocenters. The summed E-state index contributed by atoms with van der Waals surface area (Å²) in [6, 6.07) is 55.8. The smallest absolute Gasteiger partial charge is 0.0640 e. The first-order chi connectivity index (χ1) is 22.7. The van der Waals surface area contributed by atoms with Gasteiger partial charge in [0.1, 0.15) is 0 Å². The normalized spacial score (nSPS) is 12.0. The number of nitrogens with zero attached hydrogens (tertiary/aromatic N) is 2. The third-order valence-electron chi connectivity index (χ3n) is 9.57. The molecule has 0 saturated carbocycles. The van der Waals surface area contributed by atoms with Crippen molar-refractivity contribution in [3.8, 4) is 22.5 Å². The Morgan fingerprint density at radius 2 is 1.00 bits per heavy atom. The first-order valence-electron chi connectivity index (χ1n) is 15.8. The van der Waals surface area contributed by atoms with E-state index >= 15 is 0 Å². The van der Waals surface area contributed by atoms with Crippen molar-refractivity contribution in [3.05, 3.63) is 157 Å². The molecular weight excluding hydrogens is 577 g/mol. The van der Waals surface area contributed by atoms with Gasteiger partial charge in [-0.3, -0.25) is 0 Å². The molecule has 10 aromatic rings. The van der Waals surface area contributed by atoms with Crippen molar-refractivity contribution in [2.75, 3.05) is 0 Å². The van der Waals surface area contributed by atoms with Crippen LogP contribution in [-0.2, 0) is 0 Å². The molecule has 2 nitrogen and oxygen atoms in total. The minimum atomic E-state index is 1.18. The standard InChI is InChI=1S/C43H28N2S/c1-27-18-23-42-36(24-27)33-14-9-17-41(43(33)46-42)45-38-16-8-6-13-32(38)35-26-29(20-22-40(35)45)28-19-21-39-34(25-28)31-12-5-7-15-37(31)44(39)30-10-3-2-4-11-30/h2-26H,1H3. The van der Waals surface area contributed by atoms with E-state index in [1.165, 1.54) is 91.8 Å². The average molecular weight is 605 g/mol. The Labute approximate surface area is 270 Å². The lowest BCUT2D eigenvalue weighted by molar-refractivity contribution is 1.18. The molecule has 0 N–H and O–H groups in total. The van der Waals surface area contributed by atoms with Crippen LogP contribution in [-0.4, -0.2) is 9.13 Å². The van der Waals surface area contributed by atoms with Gasteiger partial charge in [-0.25, -0.2) is 0 Å². The zero-order chi connectivity index (χ0) is 30.4. The molecule has 3 aromatic heterocycles. The van der Waals surface area contributed by atoms with Crippen LogP contribution in [0.1, 0.15) is 5.56 Å². The Hall–Kier alpha value is -5.64. The van der Waals surface area contributed by atoms with Crippen molar-refractivity contribution in [3.63, 3.8) is 0 Å². The Morgan fingerprint density at radius 1 is 0.413 bits per heavy atom.